The van der Waals surface area contributed by atoms with E-state index >= 15 is 0 Å². The Labute approximate surface area is 83.3 Å². The lowest BCUT2D eigenvalue weighted by Gasteiger charge is -2.11. The first-order valence-electron chi connectivity index (χ1n) is 4.42. The number of aromatic nitrogens is 1. The molecule has 0 radical (unpaired) electrons. The lowest BCUT2D eigenvalue weighted by Crippen LogP contribution is -2.25. The standard InChI is InChI=1S/C9H16N2OS/c1-8(3-4-13-2)11-6-9-5-10-7-12-9/h5,7-8,11H,3-4,6H2,1-2H3. The minimum atomic E-state index is 0.539. The first kappa shape index (κ1) is 10.6. The van der Waals surface area contributed by atoms with Gasteiger partial charge < -0.3 is 9.73 Å². The summed E-state index contributed by atoms with van der Waals surface area (Å²) in [5, 5.41) is 3.37. The van der Waals surface area contributed by atoms with Gasteiger partial charge in [-0.3, -0.25) is 0 Å². The highest BCUT2D eigenvalue weighted by molar-refractivity contribution is 7.98. The van der Waals surface area contributed by atoms with Gasteiger partial charge in [0.2, 0.25) is 0 Å². The molecule has 1 atom stereocenters. The van der Waals surface area contributed by atoms with Gasteiger partial charge in [0.1, 0.15) is 5.76 Å². The Morgan fingerprint density at radius 3 is 3.15 bits per heavy atom. The van der Waals surface area contributed by atoms with E-state index in [0.29, 0.717) is 6.04 Å². The first-order valence-corrected chi connectivity index (χ1v) is 5.82. The van der Waals surface area contributed by atoms with Crippen molar-refractivity contribution in [3.8, 4) is 0 Å². The van der Waals surface area contributed by atoms with Crippen molar-refractivity contribution in [3.05, 3.63) is 18.4 Å². The van der Waals surface area contributed by atoms with Gasteiger partial charge in [-0.15, -0.1) is 0 Å². The monoisotopic (exact) mass is 200 g/mol. The van der Waals surface area contributed by atoms with Gasteiger partial charge in [-0.05, 0) is 25.4 Å². The molecule has 1 N–H and O–H groups in total. The maximum atomic E-state index is 5.11. The highest BCUT2D eigenvalue weighted by Gasteiger charge is 2.01. The summed E-state index contributed by atoms with van der Waals surface area (Å²) in [4.78, 5) is 3.85. The number of thioether (sulfide) groups is 1. The third-order valence-electron chi connectivity index (χ3n) is 1.86. The van der Waals surface area contributed by atoms with E-state index < -0.39 is 0 Å². The predicted molar refractivity (Wildman–Crippen MR) is 55.8 cm³/mol. The second-order valence-corrected chi connectivity index (χ2v) is 4.02. The number of oxazole rings is 1. The van der Waals surface area contributed by atoms with Gasteiger partial charge in [0.15, 0.2) is 6.39 Å². The molecule has 3 nitrogen and oxygen atoms in total. The van der Waals surface area contributed by atoms with Gasteiger partial charge in [-0.25, -0.2) is 4.98 Å². The van der Waals surface area contributed by atoms with E-state index in [1.807, 2.05) is 11.8 Å². The maximum absolute atomic E-state index is 5.11. The lowest BCUT2D eigenvalue weighted by atomic mass is 10.2. The van der Waals surface area contributed by atoms with Gasteiger partial charge in [0.25, 0.3) is 0 Å². The van der Waals surface area contributed by atoms with Gasteiger partial charge >= 0.3 is 0 Å². The summed E-state index contributed by atoms with van der Waals surface area (Å²) in [6.45, 7) is 2.96. The summed E-state index contributed by atoms with van der Waals surface area (Å²) in [6, 6.07) is 0.539. The Balaban J connectivity index is 2.11. The molecule has 74 valence electrons. The van der Waals surface area contributed by atoms with Crippen LogP contribution in [0, 0.1) is 0 Å². The third kappa shape index (κ3) is 4.33. The van der Waals surface area contributed by atoms with Crippen LogP contribution in [0.15, 0.2) is 17.0 Å². The van der Waals surface area contributed by atoms with Crippen molar-refractivity contribution in [1.82, 2.24) is 10.3 Å². The van der Waals surface area contributed by atoms with Crippen molar-refractivity contribution in [2.24, 2.45) is 0 Å². The largest absolute Gasteiger partial charge is 0.447 e. The molecule has 0 fully saturated rings. The summed E-state index contributed by atoms with van der Waals surface area (Å²) in [7, 11) is 0. The third-order valence-corrected chi connectivity index (χ3v) is 2.51. The highest BCUT2D eigenvalue weighted by atomic mass is 32.2. The number of hydrogen-bond donors (Lipinski definition) is 1. The number of nitrogens with zero attached hydrogens (tertiary/aromatic N) is 1. The summed E-state index contributed by atoms with van der Waals surface area (Å²) < 4.78 is 5.11. The summed E-state index contributed by atoms with van der Waals surface area (Å²) in [6.07, 6.45) is 6.52. The minimum absolute atomic E-state index is 0.539. The molecule has 1 heterocycles. The van der Waals surface area contributed by atoms with Crippen LogP contribution < -0.4 is 5.32 Å². The van der Waals surface area contributed by atoms with Crippen molar-refractivity contribution in [2.75, 3.05) is 12.0 Å². The molecule has 1 rings (SSSR count). The zero-order valence-electron chi connectivity index (χ0n) is 8.12. The van der Waals surface area contributed by atoms with Crippen LogP contribution in [0.1, 0.15) is 19.1 Å². The summed E-state index contributed by atoms with van der Waals surface area (Å²) in [5.74, 6) is 2.10. The van der Waals surface area contributed by atoms with Crippen LogP contribution in [0.4, 0.5) is 0 Å². The average molecular weight is 200 g/mol. The second kappa shape index (κ2) is 6.05. The Bertz CT molecular complexity index is 213. The van der Waals surface area contributed by atoms with Crippen LogP contribution in [-0.2, 0) is 6.54 Å². The Kier molecular flexibility index (Phi) is 4.93. The minimum Gasteiger partial charge on any atom is -0.447 e. The van der Waals surface area contributed by atoms with Crippen molar-refractivity contribution in [2.45, 2.75) is 25.9 Å². The van der Waals surface area contributed by atoms with Gasteiger partial charge in [-0.2, -0.15) is 11.8 Å². The Morgan fingerprint density at radius 1 is 1.69 bits per heavy atom. The van der Waals surface area contributed by atoms with E-state index in [9.17, 15) is 0 Å². The van der Waals surface area contributed by atoms with Crippen molar-refractivity contribution in [3.63, 3.8) is 0 Å². The van der Waals surface area contributed by atoms with Crippen LogP contribution >= 0.6 is 11.8 Å². The molecule has 0 aliphatic rings. The predicted octanol–water partition coefficient (Wildman–Crippen LogP) is 1.91. The molecule has 13 heavy (non-hydrogen) atoms. The average Bonchev–Trinajstić information content (AvgIpc) is 2.64. The Morgan fingerprint density at radius 2 is 2.54 bits per heavy atom. The van der Waals surface area contributed by atoms with Crippen molar-refractivity contribution >= 4 is 11.8 Å². The SMILES string of the molecule is CSCCC(C)NCc1cnco1. The van der Waals surface area contributed by atoms with Crippen LogP contribution in [-0.4, -0.2) is 23.0 Å². The van der Waals surface area contributed by atoms with Crippen molar-refractivity contribution in [1.29, 1.82) is 0 Å². The molecule has 4 heteroatoms. The fraction of sp³-hybridized carbons (Fsp3) is 0.667. The van der Waals surface area contributed by atoms with Crippen LogP contribution in [0.2, 0.25) is 0 Å². The van der Waals surface area contributed by atoms with E-state index in [0.717, 1.165) is 12.3 Å². The molecule has 0 saturated heterocycles. The van der Waals surface area contributed by atoms with E-state index in [4.69, 9.17) is 4.42 Å². The molecule has 0 spiro atoms. The maximum Gasteiger partial charge on any atom is 0.180 e. The highest BCUT2D eigenvalue weighted by Crippen LogP contribution is 2.01. The molecular weight excluding hydrogens is 184 g/mol. The molecule has 0 aliphatic carbocycles. The van der Waals surface area contributed by atoms with Crippen LogP contribution in [0.3, 0.4) is 0 Å². The van der Waals surface area contributed by atoms with Gasteiger partial charge in [-0.1, -0.05) is 0 Å². The summed E-state index contributed by atoms with van der Waals surface area (Å²) >= 11 is 1.88. The van der Waals surface area contributed by atoms with Crippen LogP contribution in [0.5, 0.6) is 0 Å². The van der Waals surface area contributed by atoms with E-state index in [2.05, 4.69) is 23.5 Å². The van der Waals surface area contributed by atoms with Crippen molar-refractivity contribution < 1.29 is 4.42 Å². The Hall–Kier alpha value is -0.480. The van der Waals surface area contributed by atoms with Crippen LogP contribution in [0.25, 0.3) is 0 Å². The zero-order chi connectivity index (χ0) is 9.52. The molecule has 0 amide bonds. The van der Waals surface area contributed by atoms with Gasteiger partial charge in [0.05, 0.1) is 12.7 Å². The van der Waals surface area contributed by atoms with E-state index in [1.165, 1.54) is 18.6 Å². The van der Waals surface area contributed by atoms with E-state index in [1.54, 1.807) is 6.20 Å². The fourth-order valence-corrected chi connectivity index (χ4v) is 1.59. The fourth-order valence-electron chi connectivity index (χ4n) is 1.00. The molecule has 0 bridgehead atoms. The lowest BCUT2D eigenvalue weighted by molar-refractivity contribution is 0.449. The molecule has 0 aromatic carbocycles. The molecule has 0 aliphatic heterocycles. The number of nitrogens with one attached hydrogen (secondary N) is 1. The second-order valence-electron chi connectivity index (χ2n) is 3.03. The summed E-state index contributed by atoms with van der Waals surface area (Å²) in [5.41, 5.74) is 0. The molecule has 1 aromatic heterocycles. The molecule has 1 aromatic rings. The van der Waals surface area contributed by atoms with Gasteiger partial charge in [0, 0.05) is 6.04 Å². The first-order chi connectivity index (χ1) is 6.33. The topological polar surface area (TPSA) is 38.1 Å². The number of hydrogen-bond acceptors (Lipinski definition) is 4. The zero-order valence-corrected chi connectivity index (χ0v) is 8.93. The molecule has 0 saturated carbocycles. The van der Waals surface area contributed by atoms with E-state index in [-0.39, 0.29) is 0 Å². The quantitative estimate of drug-likeness (QED) is 0.761. The normalized spacial score (nSPS) is 13.1. The number of rotatable bonds is 6. The molecular formula is C9H16N2OS. The smallest absolute Gasteiger partial charge is 0.180 e. The molecule has 1 unspecified atom stereocenters.